The third-order valence-electron chi connectivity index (χ3n) is 1.66. The zero-order chi connectivity index (χ0) is 12.5. The van der Waals surface area contributed by atoms with E-state index in [1.54, 1.807) is 0 Å². The van der Waals surface area contributed by atoms with Gasteiger partial charge in [0.1, 0.15) is 11.9 Å². The van der Waals surface area contributed by atoms with Gasteiger partial charge in [0.05, 0.1) is 0 Å². The first-order chi connectivity index (χ1) is 6.50. The maximum atomic E-state index is 12.6. The molecule has 0 nitrogen and oxygen atoms in total. The Balaban J connectivity index is 5.37. The van der Waals surface area contributed by atoms with E-state index >= 15 is 0 Å². The SMILES string of the molecule is CCC(F)(F)C(F)(F)/C(=C\F)C(F)(F)F. The highest BCUT2D eigenvalue weighted by atomic mass is 19.4. The van der Waals surface area contributed by atoms with Crippen LogP contribution in [0.4, 0.5) is 35.1 Å². The van der Waals surface area contributed by atoms with E-state index < -0.39 is 36.3 Å². The van der Waals surface area contributed by atoms with E-state index in [-0.39, 0.29) is 0 Å². The van der Waals surface area contributed by atoms with Crippen LogP contribution in [0.3, 0.4) is 0 Å². The molecule has 0 aromatic carbocycles. The van der Waals surface area contributed by atoms with Gasteiger partial charge < -0.3 is 0 Å². The lowest BCUT2D eigenvalue weighted by Crippen LogP contribution is -2.45. The molecule has 0 N–H and O–H groups in total. The van der Waals surface area contributed by atoms with E-state index in [0.29, 0.717) is 6.92 Å². The smallest absolute Gasteiger partial charge is 0.215 e. The summed E-state index contributed by atoms with van der Waals surface area (Å²) in [6.45, 7) is 0.570. The van der Waals surface area contributed by atoms with Gasteiger partial charge in [0.2, 0.25) is 0 Å². The maximum absolute atomic E-state index is 12.6. The molecule has 0 saturated heterocycles. The molecule has 0 heterocycles. The third kappa shape index (κ3) is 2.60. The largest absolute Gasteiger partial charge is 0.420 e. The van der Waals surface area contributed by atoms with Crippen LogP contribution in [0.25, 0.3) is 0 Å². The van der Waals surface area contributed by atoms with Crippen molar-refractivity contribution in [2.45, 2.75) is 31.4 Å². The standard InChI is InChI=1S/C7H6F8/c1-2-5(9,10)6(11,12)4(3-8)7(13,14)15/h3H,2H2,1H3/b4-3+. The Labute approximate surface area is 79.6 Å². The lowest BCUT2D eigenvalue weighted by atomic mass is 10.0. The summed E-state index contributed by atoms with van der Waals surface area (Å²) in [5.41, 5.74) is -3.18. The molecule has 8 heteroatoms. The molecule has 0 spiro atoms. The Hall–Kier alpha value is -0.820. The Bertz CT molecular complexity index is 248. The number of rotatable bonds is 3. The second-order valence-electron chi connectivity index (χ2n) is 2.65. The Morgan fingerprint density at radius 2 is 1.40 bits per heavy atom. The van der Waals surface area contributed by atoms with Gasteiger partial charge in [0.15, 0.2) is 0 Å². The number of hydrogen-bond acceptors (Lipinski definition) is 0. The van der Waals surface area contributed by atoms with E-state index in [1.165, 1.54) is 0 Å². The van der Waals surface area contributed by atoms with Crippen molar-refractivity contribution in [3.63, 3.8) is 0 Å². The minimum absolute atomic E-state index is 0.570. The number of allylic oxidation sites excluding steroid dienone is 1. The molecule has 0 aliphatic carbocycles. The third-order valence-corrected chi connectivity index (χ3v) is 1.66. The van der Waals surface area contributed by atoms with Crippen molar-refractivity contribution in [1.82, 2.24) is 0 Å². The first kappa shape index (κ1) is 14.2. The molecule has 0 radical (unpaired) electrons. The molecule has 0 unspecified atom stereocenters. The number of halogens is 8. The van der Waals surface area contributed by atoms with Crippen LogP contribution in [0.15, 0.2) is 11.9 Å². The summed E-state index contributed by atoms with van der Waals surface area (Å²) in [5, 5.41) is 0. The van der Waals surface area contributed by atoms with Crippen molar-refractivity contribution in [3.8, 4) is 0 Å². The molecular weight excluding hydrogens is 236 g/mol. The minimum atomic E-state index is -5.84. The van der Waals surface area contributed by atoms with Crippen LogP contribution in [-0.2, 0) is 0 Å². The molecule has 0 aromatic heterocycles. The van der Waals surface area contributed by atoms with Crippen LogP contribution in [0, 0.1) is 0 Å². The summed E-state index contributed by atoms with van der Waals surface area (Å²) in [7, 11) is 0. The molecular formula is C7H6F8. The molecule has 15 heavy (non-hydrogen) atoms. The minimum Gasteiger partial charge on any atom is -0.215 e. The molecule has 0 aliphatic rings. The lowest BCUT2D eigenvalue weighted by molar-refractivity contribution is -0.220. The van der Waals surface area contributed by atoms with Crippen molar-refractivity contribution in [1.29, 1.82) is 0 Å². The van der Waals surface area contributed by atoms with E-state index in [0.717, 1.165) is 0 Å². The van der Waals surface area contributed by atoms with Gasteiger partial charge in [-0.2, -0.15) is 30.7 Å². The lowest BCUT2D eigenvalue weighted by Gasteiger charge is -2.27. The molecule has 0 atom stereocenters. The summed E-state index contributed by atoms with van der Waals surface area (Å²) in [4.78, 5) is 0. The van der Waals surface area contributed by atoms with Gasteiger partial charge >= 0.3 is 18.0 Å². The highest BCUT2D eigenvalue weighted by Gasteiger charge is 2.64. The van der Waals surface area contributed by atoms with Crippen molar-refractivity contribution in [2.75, 3.05) is 0 Å². The summed E-state index contributed by atoms with van der Waals surface area (Å²) in [5.74, 6) is -10.5. The zero-order valence-corrected chi connectivity index (χ0v) is 7.31. The van der Waals surface area contributed by atoms with Crippen LogP contribution >= 0.6 is 0 Å². The van der Waals surface area contributed by atoms with E-state index in [1.807, 2.05) is 0 Å². The Morgan fingerprint density at radius 1 is 1.00 bits per heavy atom. The van der Waals surface area contributed by atoms with Crippen LogP contribution in [0.5, 0.6) is 0 Å². The normalized spacial score (nSPS) is 15.7. The first-order valence-electron chi connectivity index (χ1n) is 3.64. The van der Waals surface area contributed by atoms with E-state index in [2.05, 4.69) is 0 Å². The van der Waals surface area contributed by atoms with Crippen LogP contribution in [0.1, 0.15) is 13.3 Å². The van der Waals surface area contributed by atoms with Crippen molar-refractivity contribution in [2.24, 2.45) is 0 Å². The Kier molecular flexibility index (Phi) is 3.76. The average Bonchev–Trinajstić information content (AvgIpc) is 2.01. The van der Waals surface area contributed by atoms with Gasteiger partial charge in [-0.25, -0.2) is 4.39 Å². The fourth-order valence-electron chi connectivity index (χ4n) is 0.727. The first-order valence-corrected chi connectivity index (χ1v) is 3.64. The summed E-state index contributed by atoms with van der Waals surface area (Å²) in [6.07, 6.45) is -8.91. The summed E-state index contributed by atoms with van der Waals surface area (Å²) in [6, 6.07) is 0. The van der Waals surface area contributed by atoms with Gasteiger partial charge in [-0.3, -0.25) is 0 Å². The maximum Gasteiger partial charge on any atom is 0.420 e. The fraction of sp³-hybridized carbons (Fsp3) is 0.714. The van der Waals surface area contributed by atoms with Gasteiger partial charge in [0, 0.05) is 6.42 Å². The number of hydrogen-bond donors (Lipinski definition) is 0. The predicted octanol–water partition coefficient (Wildman–Crippen LogP) is 4.08. The van der Waals surface area contributed by atoms with Gasteiger partial charge in [-0.05, 0) is 0 Å². The predicted molar refractivity (Wildman–Crippen MR) is 35.4 cm³/mol. The van der Waals surface area contributed by atoms with Crippen molar-refractivity contribution >= 4 is 0 Å². The monoisotopic (exact) mass is 242 g/mol. The molecule has 90 valence electrons. The highest BCUT2D eigenvalue weighted by Crippen LogP contribution is 2.47. The number of alkyl halides is 7. The topological polar surface area (TPSA) is 0 Å². The fourth-order valence-corrected chi connectivity index (χ4v) is 0.727. The summed E-state index contributed by atoms with van der Waals surface area (Å²) >= 11 is 0. The van der Waals surface area contributed by atoms with Crippen molar-refractivity contribution in [3.05, 3.63) is 11.9 Å². The van der Waals surface area contributed by atoms with Crippen molar-refractivity contribution < 1.29 is 35.1 Å². The average molecular weight is 242 g/mol. The molecule has 0 saturated carbocycles. The molecule has 0 aliphatic heterocycles. The molecule has 0 bridgehead atoms. The highest BCUT2D eigenvalue weighted by molar-refractivity contribution is 5.20. The molecule has 0 rings (SSSR count). The summed E-state index contributed by atoms with van der Waals surface area (Å²) < 4.78 is 97.0. The van der Waals surface area contributed by atoms with Crippen LogP contribution in [0.2, 0.25) is 0 Å². The van der Waals surface area contributed by atoms with E-state index in [4.69, 9.17) is 0 Å². The van der Waals surface area contributed by atoms with Gasteiger partial charge in [-0.15, -0.1) is 0 Å². The van der Waals surface area contributed by atoms with Crippen LogP contribution in [-0.4, -0.2) is 18.0 Å². The molecule has 0 amide bonds. The Morgan fingerprint density at radius 3 is 1.60 bits per heavy atom. The van der Waals surface area contributed by atoms with Gasteiger partial charge in [0.25, 0.3) is 0 Å². The van der Waals surface area contributed by atoms with Gasteiger partial charge in [-0.1, -0.05) is 6.92 Å². The molecule has 0 aromatic rings. The van der Waals surface area contributed by atoms with E-state index in [9.17, 15) is 35.1 Å². The van der Waals surface area contributed by atoms with Crippen LogP contribution < -0.4 is 0 Å². The second kappa shape index (κ2) is 3.97. The quantitative estimate of drug-likeness (QED) is 0.654. The molecule has 0 fully saturated rings. The zero-order valence-electron chi connectivity index (χ0n) is 7.31. The second-order valence-corrected chi connectivity index (χ2v) is 2.65.